The molecule has 49 heavy (non-hydrogen) atoms. The number of hydrazine groups is 1. The van der Waals surface area contributed by atoms with Crippen LogP contribution in [0.5, 0.6) is 0 Å². The third-order valence-electron chi connectivity index (χ3n) is 8.69. The highest BCUT2D eigenvalue weighted by molar-refractivity contribution is 5.85. The molecule has 0 saturated heterocycles. The largest absolute Gasteiger partial charge is 0.453 e. The van der Waals surface area contributed by atoms with Crippen LogP contribution in [0.15, 0.2) is 48.7 Å². The molecule has 1 saturated carbocycles. The zero-order valence-corrected chi connectivity index (χ0v) is 30.2. The summed E-state index contributed by atoms with van der Waals surface area (Å²) in [6, 6.07) is 11.6. The van der Waals surface area contributed by atoms with E-state index in [1.54, 1.807) is 38.9 Å². The fourth-order valence-electron chi connectivity index (χ4n) is 5.69. The zero-order chi connectivity index (χ0) is 36.5. The number of nitrogens with one attached hydrogen (secondary N) is 4. The lowest BCUT2D eigenvalue weighted by Gasteiger charge is -2.51. The molecular weight excluding hydrogens is 628 g/mol. The maximum absolute atomic E-state index is 13.5. The van der Waals surface area contributed by atoms with Crippen molar-refractivity contribution in [3.63, 3.8) is 0 Å². The van der Waals surface area contributed by atoms with E-state index in [1.807, 2.05) is 70.2 Å². The van der Waals surface area contributed by atoms with Crippen LogP contribution < -0.4 is 21.4 Å². The fourth-order valence-corrected chi connectivity index (χ4v) is 5.69. The van der Waals surface area contributed by atoms with Crippen molar-refractivity contribution in [2.45, 2.75) is 105 Å². The summed E-state index contributed by atoms with van der Waals surface area (Å²) < 4.78 is 10.1. The van der Waals surface area contributed by atoms with E-state index in [0.29, 0.717) is 12.8 Å². The summed E-state index contributed by atoms with van der Waals surface area (Å²) >= 11 is 0. The Balaban J connectivity index is 1.70. The Kier molecular flexibility index (Phi) is 13.5. The van der Waals surface area contributed by atoms with Crippen molar-refractivity contribution in [1.29, 1.82) is 0 Å². The van der Waals surface area contributed by atoms with Crippen molar-refractivity contribution >= 4 is 24.0 Å². The number of hydrogen-bond acceptors (Lipinski definition) is 9. The molecule has 5 N–H and O–H groups in total. The fraction of sp³-hybridized carbons (Fsp3) is 0.583. The quantitative estimate of drug-likeness (QED) is 0.184. The third-order valence-corrected chi connectivity index (χ3v) is 8.69. The first-order valence-electron chi connectivity index (χ1n) is 16.8. The average Bonchev–Trinajstić information content (AvgIpc) is 3.01. The van der Waals surface area contributed by atoms with Crippen LogP contribution in [0.4, 0.5) is 9.59 Å². The third kappa shape index (κ3) is 11.7. The minimum atomic E-state index is -1.08. The van der Waals surface area contributed by atoms with Gasteiger partial charge in [-0.15, -0.1) is 0 Å². The Hall–Kier alpha value is -4.23. The first-order valence-corrected chi connectivity index (χ1v) is 16.8. The molecule has 270 valence electrons. The van der Waals surface area contributed by atoms with E-state index < -0.39 is 53.2 Å². The second kappa shape index (κ2) is 16.9. The summed E-state index contributed by atoms with van der Waals surface area (Å²) in [5.41, 5.74) is 4.31. The van der Waals surface area contributed by atoms with E-state index in [0.717, 1.165) is 16.8 Å². The molecule has 5 unspecified atom stereocenters. The summed E-state index contributed by atoms with van der Waals surface area (Å²) in [5, 5.41) is 21.3. The van der Waals surface area contributed by atoms with Crippen LogP contribution in [0.2, 0.25) is 0 Å². The van der Waals surface area contributed by atoms with Gasteiger partial charge < -0.3 is 30.5 Å². The number of rotatable bonds is 14. The second-order valence-electron chi connectivity index (χ2n) is 14.8. The van der Waals surface area contributed by atoms with E-state index in [9.17, 15) is 24.3 Å². The lowest BCUT2D eigenvalue weighted by atomic mass is 9.58. The zero-order valence-electron chi connectivity index (χ0n) is 30.2. The molecule has 1 fully saturated rings. The van der Waals surface area contributed by atoms with Crippen molar-refractivity contribution in [1.82, 2.24) is 31.4 Å². The SMILES string of the molecule is COC(=O)NC(CC(C)C)C(=O)NN(Cc1ccc(-c2ccccn2)cc1)CC(O)C(C)NC(=O)C1CC(NC(=O)OC(C)(C)C)C1(C)C. The van der Waals surface area contributed by atoms with Crippen LogP contribution in [-0.4, -0.2) is 82.6 Å². The Labute approximate surface area is 289 Å². The summed E-state index contributed by atoms with van der Waals surface area (Å²) in [6.07, 6.45) is 0.192. The van der Waals surface area contributed by atoms with Gasteiger partial charge in [0, 0.05) is 36.8 Å². The number of pyridine rings is 1. The van der Waals surface area contributed by atoms with Crippen LogP contribution in [0.3, 0.4) is 0 Å². The first kappa shape index (κ1) is 39.2. The number of hydrogen-bond donors (Lipinski definition) is 5. The molecule has 0 bridgehead atoms. The van der Waals surface area contributed by atoms with Gasteiger partial charge in [0.25, 0.3) is 5.91 Å². The molecule has 1 aromatic heterocycles. The van der Waals surface area contributed by atoms with Crippen LogP contribution >= 0.6 is 0 Å². The highest BCUT2D eigenvalue weighted by Crippen LogP contribution is 2.46. The maximum atomic E-state index is 13.5. The van der Waals surface area contributed by atoms with Crippen LogP contribution in [0.25, 0.3) is 11.3 Å². The predicted molar refractivity (Wildman–Crippen MR) is 186 cm³/mol. The number of benzene rings is 1. The van der Waals surface area contributed by atoms with Gasteiger partial charge in [0.05, 0.1) is 24.9 Å². The van der Waals surface area contributed by atoms with Gasteiger partial charge in [-0.2, -0.15) is 0 Å². The Bertz CT molecular complexity index is 1410. The standard InChI is InChI=1S/C36H54N6O7/c1-22(2)18-28(39-33(46)48-9)32(45)41-42(20-24-13-15-25(16-14-24)27-12-10-11-17-37-27)21-29(43)23(3)38-31(44)26-19-30(36(26,7)8)40-34(47)49-35(4,5)6/h10-17,22-23,26,28-30,43H,18-21H2,1-9H3,(H,38,44)(H,39,46)(H,40,47)(H,41,45). The molecule has 0 radical (unpaired) electrons. The number of carbonyl (C=O) groups is 4. The minimum absolute atomic E-state index is 0.0291. The number of nitrogens with zero attached hydrogens (tertiary/aromatic N) is 2. The molecule has 1 heterocycles. The lowest BCUT2D eigenvalue weighted by Crippen LogP contribution is -2.63. The molecule has 1 aliphatic carbocycles. The van der Waals surface area contributed by atoms with E-state index in [2.05, 4.69) is 26.4 Å². The van der Waals surface area contributed by atoms with Crippen LogP contribution in [-0.2, 0) is 25.6 Å². The number of aromatic nitrogens is 1. The number of carbonyl (C=O) groups excluding carboxylic acids is 4. The van der Waals surface area contributed by atoms with Gasteiger partial charge in [-0.05, 0) is 69.6 Å². The summed E-state index contributed by atoms with van der Waals surface area (Å²) in [5.74, 6) is -1.00. The number of alkyl carbamates (subject to hydrolysis) is 2. The number of aliphatic hydroxyl groups excluding tert-OH is 1. The molecule has 2 aromatic rings. The van der Waals surface area contributed by atoms with E-state index in [-0.39, 0.29) is 31.0 Å². The summed E-state index contributed by atoms with van der Waals surface area (Å²) in [4.78, 5) is 55.5. The normalized spacial score (nSPS) is 18.8. The monoisotopic (exact) mass is 682 g/mol. The first-order chi connectivity index (χ1) is 22.9. The summed E-state index contributed by atoms with van der Waals surface area (Å²) in [6.45, 7) is 15.0. The highest BCUT2D eigenvalue weighted by Gasteiger charge is 2.53. The van der Waals surface area contributed by atoms with Crippen molar-refractivity contribution in [2.24, 2.45) is 17.3 Å². The molecule has 0 spiro atoms. The Morgan fingerprint density at radius 2 is 1.69 bits per heavy atom. The molecule has 5 atom stereocenters. The molecule has 13 heteroatoms. The minimum Gasteiger partial charge on any atom is -0.453 e. The van der Waals surface area contributed by atoms with Crippen LogP contribution in [0, 0.1) is 17.3 Å². The molecule has 3 rings (SSSR count). The molecule has 13 nitrogen and oxygen atoms in total. The Morgan fingerprint density at radius 3 is 2.24 bits per heavy atom. The number of methoxy groups -OCH3 is 1. The molecular formula is C36H54N6O7. The van der Waals surface area contributed by atoms with Crippen molar-refractivity contribution in [2.75, 3.05) is 13.7 Å². The Morgan fingerprint density at radius 1 is 1.02 bits per heavy atom. The van der Waals surface area contributed by atoms with Gasteiger partial charge >= 0.3 is 12.2 Å². The molecule has 1 aliphatic rings. The highest BCUT2D eigenvalue weighted by atomic mass is 16.6. The van der Waals surface area contributed by atoms with Gasteiger partial charge in [-0.25, -0.2) is 14.6 Å². The number of ether oxygens (including phenoxy) is 2. The van der Waals surface area contributed by atoms with Gasteiger partial charge in [0.2, 0.25) is 5.91 Å². The summed E-state index contributed by atoms with van der Waals surface area (Å²) in [7, 11) is 1.23. The van der Waals surface area contributed by atoms with Gasteiger partial charge in [0.15, 0.2) is 0 Å². The van der Waals surface area contributed by atoms with E-state index in [1.165, 1.54) is 7.11 Å². The molecule has 0 aliphatic heterocycles. The predicted octanol–water partition coefficient (Wildman–Crippen LogP) is 4.16. The topological polar surface area (TPSA) is 171 Å². The number of amides is 4. The number of aliphatic hydroxyl groups is 1. The smallest absolute Gasteiger partial charge is 0.407 e. The molecule has 1 aromatic carbocycles. The maximum Gasteiger partial charge on any atom is 0.407 e. The molecule has 4 amide bonds. The average molecular weight is 683 g/mol. The van der Waals surface area contributed by atoms with E-state index in [4.69, 9.17) is 9.47 Å². The van der Waals surface area contributed by atoms with E-state index >= 15 is 0 Å². The van der Waals surface area contributed by atoms with Gasteiger partial charge in [-0.3, -0.25) is 20.0 Å². The second-order valence-corrected chi connectivity index (χ2v) is 14.8. The van der Waals surface area contributed by atoms with Crippen molar-refractivity contribution in [3.05, 3.63) is 54.2 Å². The van der Waals surface area contributed by atoms with Gasteiger partial charge in [0.1, 0.15) is 11.6 Å². The van der Waals surface area contributed by atoms with Crippen LogP contribution in [0.1, 0.15) is 73.8 Å². The van der Waals surface area contributed by atoms with Crippen molar-refractivity contribution in [3.8, 4) is 11.3 Å². The van der Waals surface area contributed by atoms with Crippen molar-refractivity contribution < 1.29 is 33.8 Å². The van der Waals surface area contributed by atoms with Gasteiger partial charge in [-0.1, -0.05) is 58.0 Å². The lowest BCUT2D eigenvalue weighted by molar-refractivity contribution is -0.139.